The van der Waals surface area contributed by atoms with Crippen molar-refractivity contribution in [1.29, 1.82) is 0 Å². The first-order chi connectivity index (χ1) is 7.04. The smallest absolute Gasteiger partial charge is 0.150 e. The van der Waals surface area contributed by atoms with E-state index in [-0.39, 0.29) is 5.41 Å². The standard InChI is InChI=1S/C12H14O2S/c1-12(2)5-6-15(14)11-4-3-9(8-13)7-10(11)12/h3-4,7-8H,5-6H2,1-2H3/t15-/m0/s1. The molecule has 1 aromatic carbocycles. The Morgan fingerprint density at radius 2 is 2.13 bits per heavy atom. The molecule has 0 spiro atoms. The molecule has 2 nitrogen and oxygen atoms in total. The molecule has 0 fully saturated rings. The zero-order valence-electron chi connectivity index (χ0n) is 8.95. The van der Waals surface area contributed by atoms with E-state index in [1.54, 1.807) is 6.07 Å². The molecule has 1 aliphatic rings. The maximum absolute atomic E-state index is 11.8. The van der Waals surface area contributed by atoms with Crippen molar-refractivity contribution in [3.05, 3.63) is 29.3 Å². The van der Waals surface area contributed by atoms with Crippen molar-refractivity contribution < 1.29 is 9.00 Å². The number of hydrogen-bond acceptors (Lipinski definition) is 2. The van der Waals surface area contributed by atoms with Crippen LogP contribution in [0.3, 0.4) is 0 Å². The van der Waals surface area contributed by atoms with E-state index in [0.717, 1.165) is 28.9 Å². The zero-order chi connectivity index (χ0) is 11.1. The third-order valence-electron chi connectivity index (χ3n) is 3.03. The molecule has 3 heteroatoms. The summed E-state index contributed by atoms with van der Waals surface area (Å²) in [5, 5.41) is 0. The van der Waals surface area contributed by atoms with Gasteiger partial charge in [0.2, 0.25) is 0 Å². The highest BCUT2D eigenvalue weighted by atomic mass is 32.2. The summed E-state index contributed by atoms with van der Waals surface area (Å²) in [7, 11) is -0.888. The summed E-state index contributed by atoms with van der Waals surface area (Å²) in [5.74, 6) is 0.723. The van der Waals surface area contributed by atoms with Crippen LogP contribution in [-0.4, -0.2) is 16.2 Å². The second-order valence-corrected chi connectivity index (χ2v) is 6.10. The van der Waals surface area contributed by atoms with Gasteiger partial charge in [0.1, 0.15) is 6.29 Å². The van der Waals surface area contributed by atoms with Gasteiger partial charge in [0, 0.05) is 16.2 Å². The number of carbonyl (C=O) groups is 1. The van der Waals surface area contributed by atoms with Gasteiger partial charge in [-0.25, -0.2) is 0 Å². The van der Waals surface area contributed by atoms with Crippen LogP contribution in [0.2, 0.25) is 0 Å². The second-order valence-electron chi connectivity index (χ2n) is 4.56. The Balaban J connectivity index is 2.63. The lowest BCUT2D eigenvalue weighted by atomic mass is 9.81. The van der Waals surface area contributed by atoms with E-state index >= 15 is 0 Å². The minimum absolute atomic E-state index is 0.0300. The van der Waals surface area contributed by atoms with E-state index in [9.17, 15) is 9.00 Å². The molecule has 0 aromatic heterocycles. The summed E-state index contributed by atoms with van der Waals surface area (Å²) in [6, 6.07) is 5.45. The van der Waals surface area contributed by atoms with Gasteiger partial charge in [-0.1, -0.05) is 19.9 Å². The quantitative estimate of drug-likeness (QED) is 0.683. The monoisotopic (exact) mass is 222 g/mol. The van der Waals surface area contributed by atoms with Crippen molar-refractivity contribution in [1.82, 2.24) is 0 Å². The Bertz CT molecular complexity index is 435. The van der Waals surface area contributed by atoms with Gasteiger partial charge < -0.3 is 0 Å². The summed E-state index contributed by atoms with van der Waals surface area (Å²) < 4.78 is 11.8. The first-order valence-corrected chi connectivity index (χ1v) is 6.34. The maximum atomic E-state index is 11.8. The Labute approximate surface area is 92.2 Å². The van der Waals surface area contributed by atoms with Gasteiger partial charge in [-0.05, 0) is 29.5 Å². The summed E-state index contributed by atoms with van der Waals surface area (Å²) in [6.07, 6.45) is 1.75. The van der Waals surface area contributed by atoms with Crippen LogP contribution in [0.1, 0.15) is 36.2 Å². The summed E-state index contributed by atoms with van der Waals surface area (Å²) in [4.78, 5) is 11.6. The van der Waals surface area contributed by atoms with Gasteiger partial charge in [0.25, 0.3) is 0 Å². The maximum Gasteiger partial charge on any atom is 0.150 e. The van der Waals surface area contributed by atoms with Gasteiger partial charge >= 0.3 is 0 Å². The molecule has 1 aliphatic heterocycles. The van der Waals surface area contributed by atoms with Gasteiger partial charge in [0.05, 0.1) is 10.8 Å². The molecule has 0 radical (unpaired) electrons. The number of fused-ring (bicyclic) bond motifs is 1. The van der Waals surface area contributed by atoms with Gasteiger partial charge in [-0.2, -0.15) is 0 Å². The molecule has 0 aliphatic carbocycles. The van der Waals surface area contributed by atoms with Crippen molar-refractivity contribution in [2.75, 3.05) is 5.75 Å². The third-order valence-corrected chi connectivity index (χ3v) is 4.45. The molecule has 2 rings (SSSR count). The largest absolute Gasteiger partial charge is 0.298 e. The van der Waals surface area contributed by atoms with Crippen molar-refractivity contribution in [2.24, 2.45) is 0 Å². The normalized spacial score (nSPS) is 23.2. The van der Waals surface area contributed by atoms with E-state index in [2.05, 4.69) is 13.8 Å². The van der Waals surface area contributed by atoms with Crippen LogP contribution >= 0.6 is 0 Å². The second kappa shape index (κ2) is 3.56. The lowest BCUT2D eigenvalue weighted by molar-refractivity contribution is 0.112. The number of aldehydes is 1. The Morgan fingerprint density at radius 1 is 1.40 bits per heavy atom. The Kier molecular flexibility index (Phi) is 2.51. The minimum atomic E-state index is -0.888. The van der Waals surface area contributed by atoms with Crippen molar-refractivity contribution >= 4 is 17.1 Å². The Hall–Kier alpha value is -0.960. The van der Waals surface area contributed by atoms with Crippen LogP contribution in [-0.2, 0) is 16.2 Å². The minimum Gasteiger partial charge on any atom is -0.298 e. The van der Waals surface area contributed by atoms with Gasteiger partial charge in [-0.3, -0.25) is 9.00 Å². The summed E-state index contributed by atoms with van der Waals surface area (Å²) in [5.41, 5.74) is 1.76. The average molecular weight is 222 g/mol. The first kappa shape index (κ1) is 10.6. The van der Waals surface area contributed by atoms with Crippen LogP contribution in [0, 0.1) is 0 Å². The first-order valence-electron chi connectivity index (χ1n) is 5.03. The highest BCUT2D eigenvalue weighted by Gasteiger charge is 2.30. The zero-order valence-corrected chi connectivity index (χ0v) is 9.76. The van der Waals surface area contributed by atoms with E-state index in [0.29, 0.717) is 5.56 Å². The molecule has 0 saturated carbocycles. The van der Waals surface area contributed by atoms with E-state index in [1.165, 1.54) is 0 Å². The molecular formula is C12H14O2S. The summed E-state index contributed by atoms with van der Waals surface area (Å²) in [6.45, 7) is 4.27. The number of rotatable bonds is 1. The van der Waals surface area contributed by atoms with E-state index < -0.39 is 10.8 Å². The molecular weight excluding hydrogens is 208 g/mol. The fourth-order valence-electron chi connectivity index (χ4n) is 1.94. The fourth-order valence-corrected chi connectivity index (χ4v) is 3.66. The molecule has 0 unspecified atom stereocenters. The molecule has 1 atom stereocenters. The van der Waals surface area contributed by atoms with Crippen LogP contribution < -0.4 is 0 Å². The lowest BCUT2D eigenvalue weighted by Crippen LogP contribution is -2.27. The molecule has 0 N–H and O–H groups in total. The molecule has 0 bridgehead atoms. The number of carbonyl (C=O) groups excluding carboxylic acids is 1. The predicted octanol–water partition coefficient (Wildman–Crippen LogP) is 2.29. The fraction of sp³-hybridized carbons (Fsp3) is 0.417. The molecule has 80 valence electrons. The van der Waals surface area contributed by atoms with E-state index in [1.807, 2.05) is 12.1 Å². The molecule has 15 heavy (non-hydrogen) atoms. The molecule has 0 saturated heterocycles. The highest BCUT2D eigenvalue weighted by molar-refractivity contribution is 7.85. The van der Waals surface area contributed by atoms with Crippen LogP contribution in [0.5, 0.6) is 0 Å². The van der Waals surface area contributed by atoms with Gasteiger partial charge in [0.15, 0.2) is 0 Å². The van der Waals surface area contributed by atoms with Crippen LogP contribution in [0.4, 0.5) is 0 Å². The van der Waals surface area contributed by atoms with Crippen LogP contribution in [0.15, 0.2) is 23.1 Å². The lowest BCUT2D eigenvalue weighted by Gasteiger charge is -2.31. The van der Waals surface area contributed by atoms with Crippen molar-refractivity contribution in [3.8, 4) is 0 Å². The van der Waals surface area contributed by atoms with Crippen molar-refractivity contribution in [3.63, 3.8) is 0 Å². The highest BCUT2D eigenvalue weighted by Crippen LogP contribution is 2.36. The number of benzene rings is 1. The molecule has 1 heterocycles. The average Bonchev–Trinajstić information content (AvgIpc) is 2.24. The summed E-state index contributed by atoms with van der Waals surface area (Å²) >= 11 is 0. The van der Waals surface area contributed by atoms with Crippen molar-refractivity contribution in [2.45, 2.75) is 30.6 Å². The van der Waals surface area contributed by atoms with Crippen LogP contribution in [0.25, 0.3) is 0 Å². The van der Waals surface area contributed by atoms with Gasteiger partial charge in [-0.15, -0.1) is 0 Å². The molecule has 1 aromatic rings. The van der Waals surface area contributed by atoms with E-state index in [4.69, 9.17) is 0 Å². The number of hydrogen-bond donors (Lipinski definition) is 0. The third kappa shape index (κ3) is 1.76. The Morgan fingerprint density at radius 3 is 2.80 bits per heavy atom. The SMILES string of the molecule is CC1(C)CC[S@](=O)c2ccc(C=O)cc21. The predicted molar refractivity (Wildman–Crippen MR) is 60.7 cm³/mol. The topological polar surface area (TPSA) is 34.1 Å². The molecule has 0 amide bonds.